The molecule has 1 aromatic carbocycles. The minimum absolute atomic E-state index is 0.0635. The molecule has 0 bridgehead atoms. The highest BCUT2D eigenvalue weighted by Gasteiger charge is 2.20. The molecule has 134 valence electrons. The lowest BCUT2D eigenvalue weighted by Gasteiger charge is -2.29. The standard InChI is InChI=1S/C18H23N3O4/c1-12-8-17(20-25-12)19-18(22)5-7-21-6-4-13-9-15(23-2)16(24-3)10-14(13)11-21/h8-10H,4-7,11H2,1-3H3,(H,19,20,22). The molecule has 0 fully saturated rings. The number of ether oxygens (including phenoxy) is 2. The first-order valence-corrected chi connectivity index (χ1v) is 8.28. The van der Waals surface area contributed by atoms with Gasteiger partial charge in [-0.3, -0.25) is 9.69 Å². The Morgan fingerprint density at radius 1 is 1.24 bits per heavy atom. The second-order valence-corrected chi connectivity index (χ2v) is 6.12. The maximum absolute atomic E-state index is 12.0. The van der Waals surface area contributed by atoms with Gasteiger partial charge in [-0.05, 0) is 36.6 Å². The third-order valence-electron chi connectivity index (χ3n) is 4.35. The van der Waals surface area contributed by atoms with Gasteiger partial charge in [-0.25, -0.2) is 0 Å². The van der Waals surface area contributed by atoms with Gasteiger partial charge >= 0.3 is 0 Å². The molecule has 1 aliphatic heterocycles. The highest BCUT2D eigenvalue weighted by Crippen LogP contribution is 2.33. The van der Waals surface area contributed by atoms with E-state index in [1.54, 1.807) is 27.2 Å². The van der Waals surface area contributed by atoms with Crippen molar-refractivity contribution in [3.05, 3.63) is 35.1 Å². The number of hydrogen-bond acceptors (Lipinski definition) is 6. The third kappa shape index (κ3) is 4.11. The molecule has 2 aromatic rings. The van der Waals surface area contributed by atoms with Crippen LogP contribution in [0.4, 0.5) is 5.82 Å². The lowest BCUT2D eigenvalue weighted by Crippen LogP contribution is -2.33. The van der Waals surface area contributed by atoms with Gasteiger partial charge in [0.1, 0.15) is 5.76 Å². The zero-order chi connectivity index (χ0) is 17.8. The van der Waals surface area contributed by atoms with Gasteiger partial charge in [-0.2, -0.15) is 0 Å². The van der Waals surface area contributed by atoms with E-state index in [9.17, 15) is 4.79 Å². The van der Waals surface area contributed by atoms with Gasteiger partial charge in [0.2, 0.25) is 5.91 Å². The minimum Gasteiger partial charge on any atom is -0.493 e. The number of benzene rings is 1. The molecular formula is C18H23N3O4. The normalized spacial score (nSPS) is 14.0. The molecule has 0 saturated carbocycles. The molecule has 0 atom stereocenters. The summed E-state index contributed by atoms with van der Waals surface area (Å²) in [6, 6.07) is 5.78. The molecule has 7 heteroatoms. The highest BCUT2D eigenvalue weighted by atomic mass is 16.5. The van der Waals surface area contributed by atoms with Crippen LogP contribution >= 0.6 is 0 Å². The van der Waals surface area contributed by atoms with Crippen molar-refractivity contribution in [2.75, 3.05) is 32.6 Å². The number of anilines is 1. The van der Waals surface area contributed by atoms with Gasteiger partial charge in [0.25, 0.3) is 0 Å². The first-order chi connectivity index (χ1) is 12.1. The summed E-state index contributed by atoms with van der Waals surface area (Å²) < 4.78 is 15.7. The number of amides is 1. The minimum atomic E-state index is -0.0635. The molecule has 0 spiro atoms. The zero-order valence-corrected chi connectivity index (χ0v) is 14.8. The van der Waals surface area contributed by atoms with Crippen molar-refractivity contribution < 1.29 is 18.8 Å². The Kier molecular flexibility index (Phi) is 5.23. The number of aromatic nitrogens is 1. The summed E-state index contributed by atoms with van der Waals surface area (Å²) in [7, 11) is 3.29. The monoisotopic (exact) mass is 345 g/mol. The quantitative estimate of drug-likeness (QED) is 0.866. The maximum Gasteiger partial charge on any atom is 0.226 e. The predicted octanol–water partition coefficient (Wildman–Crippen LogP) is 2.39. The van der Waals surface area contributed by atoms with E-state index in [2.05, 4.69) is 15.4 Å². The van der Waals surface area contributed by atoms with Crippen LogP contribution < -0.4 is 14.8 Å². The number of methoxy groups -OCH3 is 2. The Morgan fingerprint density at radius 3 is 2.60 bits per heavy atom. The van der Waals surface area contributed by atoms with E-state index >= 15 is 0 Å². The lowest BCUT2D eigenvalue weighted by molar-refractivity contribution is -0.116. The Bertz CT molecular complexity index is 757. The van der Waals surface area contributed by atoms with Gasteiger partial charge in [0, 0.05) is 32.1 Å². The van der Waals surface area contributed by atoms with Crippen LogP contribution in [0.5, 0.6) is 11.5 Å². The summed E-state index contributed by atoms with van der Waals surface area (Å²) >= 11 is 0. The van der Waals surface area contributed by atoms with Gasteiger partial charge in [0.05, 0.1) is 14.2 Å². The molecule has 7 nitrogen and oxygen atoms in total. The SMILES string of the molecule is COc1cc2c(cc1OC)CN(CCC(=O)Nc1cc(C)on1)CC2. The maximum atomic E-state index is 12.0. The molecule has 0 unspecified atom stereocenters. The number of rotatable bonds is 6. The van der Waals surface area contributed by atoms with Crippen LogP contribution in [0, 0.1) is 6.92 Å². The van der Waals surface area contributed by atoms with E-state index in [0.717, 1.165) is 31.0 Å². The predicted molar refractivity (Wildman–Crippen MR) is 93.0 cm³/mol. The Balaban J connectivity index is 1.56. The van der Waals surface area contributed by atoms with Crippen molar-refractivity contribution in [1.29, 1.82) is 0 Å². The molecule has 1 aromatic heterocycles. The molecule has 2 heterocycles. The zero-order valence-electron chi connectivity index (χ0n) is 14.8. The third-order valence-corrected chi connectivity index (χ3v) is 4.35. The van der Waals surface area contributed by atoms with E-state index in [1.807, 2.05) is 12.1 Å². The number of hydrogen-bond donors (Lipinski definition) is 1. The van der Waals surface area contributed by atoms with Gasteiger partial charge in [-0.1, -0.05) is 5.16 Å². The molecule has 0 radical (unpaired) electrons. The van der Waals surface area contributed by atoms with Crippen LogP contribution in [0.25, 0.3) is 0 Å². The fourth-order valence-electron chi connectivity index (χ4n) is 3.02. The molecule has 1 aliphatic rings. The number of carbonyl (C=O) groups excluding carboxylic acids is 1. The summed E-state index contributed by atoms with van der Waals surface area (Å²) in [6.45, 7) is 4.19. The molecule has 25 heavy (non-hydrogen) atoms. The van der Waals surface area contributed by atoms with E-state index in [-0.39, 0.29) is 5.91 Å². The molecule has 1 amide bonds. The number of carbonyl (C=O) groups is 1. The fourth-order valence-corrected chi connectivity index (χ4v) is 3.02. The van der Waals surface area contributed by atoms with Crippen molar-refractivity contribution in [3.63, 3.8) is 0 Å². The first-order valence-electron chi connectivity index (χ1n) is 8.28. The molecule has 1 N–H and O–H groups in total. The van der Waals surface area contributed by atoms with E-state index < -0.39 is 0 Å². The van der Waals surface area contributed by atoms with Crippen molar-refractivity contribution in [2.24, 2.45) is 0 Å². The van der Waals surface area contributed by atoms with Crippen LogP contribution in [-0.4, -0.2) is 43.3 Å². The lowest BCUT2D eigenvalue weighted by atomic mass is 9.98. The number of nitrogens with zero attached hydrogens (tertiary/aromatic N) is 2. The van der Waals surface area contributed by atoms with Gasteiger partial charge in [0.15, 0.2) is 17.3 Å². The average molecular weight is 345 g/mol. The van der Waals surface area contributed by atoms with Crippen molar-refractivity contribution >= 4 is 11.7 Å². The fraction of sp³-hybridized carbons (Fsp3) is 0.444. The first kappa shape index (κ1) is 17.3. The summed E-state index contributed by atoms with van der Waals surface area (Å²) in [5.41, 5.74) is 2.49. The smallest absolute Gasteiger partial charge is 0.226 e. The van der Waals surface area contributed by atoms with Crippen LogP contribution in [0.2, 0.25) is 0 Å². The summed E-state index contributed by atoms with van der Waals surface area (Å²) in [6.07, 6.45) is 1.34. The molecule has 0 aliphatic carbocycles. The van der Waals surface area contributed by atoms with Crippen LogP contribution in [-0.2, 0) is 17.8 Å². The summed E-state index contributed by atoms with van der Waals surface area (Å²) in [5.74, 6) is 2.57. The van der Waals surface area contributed by atoms with Crippen molar-refractivity contribution in [2.45, 2.75) is 26.3 Å². The van der Waals surface area contributed by atoms with Gasteiger partial charge < -0.3 is 19.3 Å². The van der Waals surface area contributed by atoms with Crippen molar-refractivity contribution in [3.8, 4) is 11.5 Å². The number of aryl methyl sites for hydroxylation is 1. The van der Waals surface area contributed by atoms with Crippen LogP contribution in [0.3, 0.4) is 0 Å². The number of fused-ring (bicyclic) bond motifs is 1. The molecule has 3 rings (SSSR count). The summed E-state index contributed by atoms with van der Waals surface area (Å²) in [4.78, 5) is 14.3. The van der Waals surface area contributed by atoms with E-state index in [0.29, 0.717) is 24.5 Å². The van der Waals surface area contributed by atoms with Crippen LogP contribution in [0.15, 0.2) is 22.7 Å². The number of nitrogens with one attached hydrogen (secondary N) is 1. The second-order valence-electron chi connectivity index (χ2n) is 6.12. The molecular weight excluding hydrogens is 322 g/mol. The highest BCUT2D eigenvalue weighted by molar-refractivity contribution is 5.89. The van der Waals surface area contributed by atoms with Gasteiger partial charge in [-0.15, -0.1) is 0 Å². The largest absolute Gasteiger partial charge is 0.493 e. The van der Waals surface area contributed by atoms with Crippen LogP contribution in [0.1, 0.15) is 23.3 Å². The average Bonchev–Trinajstić information content (AvgIpc) is 3.03. The van der Waals surface area contributed by atoms with E-state index in [1.165, 1.54) is 11.1 Å². The Hall–Kier alpha value is -2.54. The Labute approximate surface area is 146 Å². The summed E-state index contributed by atoms with van der Waals surface area (Å²) in [5, 5.41) is 6.52. The molecule has 0 saturated heterocycles. The topological polar surface area (TPSA) is 76.8 Å². The van der Waals surface area contributed by atoms with Crippen molar-refractivity contribution in [1.82, 2.24) is 10.1 Å². The Morgan fingerprint density at radius 2 is 1.96 bits per heavy atom. The second kappa shape index (κ2) is 7.57. The van der Waals surface area contributed by atoms with E-state index in [4.69, 9.17) is 14.0 Å².